The molecule has 2 heteroatoms. The second-order valence-electron chi connectivity index (χ2n) is 8.15. The molecule has 1 N–H and O–H groups in total. The summed E-state index contributed by atoms with van der Waals surface area (Å²) in [5.41, 5.74) is 4.51. The Kier molecular flexibility index (Phi) is 4.98. The number of nitrogens with one attached hydrogen (secondary N) is 1. The SMILES string of the molecule is Cc1ccc(N2CC(C)CC(NCC(C)(C)C)C2)cc1C. The highest BCUT2D eigenvalue weighted by atomic mass is 15.2. The van der Waals surface area contributed by atoms with Gasteiger partial charge in [0.25, 0.3) is 0 Å². The number of rotatable bonds is 3. The molecule has 2 unspecified atom stereocenters. The fourth-order valence-corrected chi connectivity index (χ4v) is 3.08. The number of benzene rings is 1. The molecular weight excluding hydrogens is 256 g/mol. The molecular formula is C19H32N2. The molecule has 1 aliphatic rings. The Morgan fingerprint density at radius 3 is 2.48 bits per heavy atom. The molecule has 1 saturated heterocycles. The van der Waals surface area contributed by atoms with Gasteiger partial charge in [0.1, 0.15) is 0 Å². The quantitative estimate of drug-likeness (QED) is 0.898. The minimum absolute atomic E-state index is 0.353. The van der Waals surface area contributed by atoms with Crippen molar-refractivity contribution in [1.82, 2.24) is 5.32 Å². The number of aryl methyl sites for hydroxylation is 2. The first-order valence-electron chi connectivity index (χ1n) is 8.30. The summed E-state index contributed by atoms with van der Waals surface area (Å²) in [5.74, 6) is 0.748. The molecule has 0 spiro atoms. The molecule has 1 aromatic carbocycles. The van der Waals surface area contributed by atoms with Crippen molar-refractivity contribution in [2.75, 3.05) is 24.5 Å². The van der Waals surface area contributed by atoms with Crippen molar-refractivity contribution >= 4 is 5.69 Å². The number of hydrogen-bond donors (Lipinski definition) is 1. The predicted molar refractivity (Wildman–Crippen MR) is 93.2 cm³/mol. The number of anilines is 1. The predicted octanol–water partition coefficient (Wildman–Crippen LogP) is 4.15. The molecule has 1 aromatic rings. The zero-order chi connectivity index (χ0) is 15.6. The lowest BCUT2D eigenvalue weighted by Crippen LogP contribution is -2.50. The molecule has 2 nitrogen and oxygen atoms in total. The second-order valence-corrected chi connectivity index (χ2v) is 8.15. The summed E-state index contributed by atoms with van der Waals surface area (Å²) in [5, 5.41) is 3.78. The first-order valence-corrected chi connectivity index (χ1v) is 8.30. The lowest BCUT2D eigenvalue weighted by molar-refractivity contribution is 0.300. The van der Waals surface area contributed by atoms with Crippen LogP contribution >= 0.6 is 0 Å². The Bertz CT molecular complexity index is 473. The van der Waals surface area contributed by atoms with E-state index in [0.717, 1.165) is 19.0 Å². The third-order valence-electron chi connectivity index (χ3n) is 4.44. The van der Waals surface area contributed by atoms with Crippen LogP contribution in [0.1, 0.15) is 45.2 Å². The Balaban J connectivity index is 2.04. The third kappa shape index (κ3) is 4.74. The number of piperidine rings is 1. The normalized spacial score (nSPS) is 23.4. The summed E-state index contributed by atoms with van der Waals surface area (Å²) < 4.78 is 0. The summed E-state index contributed by atoms with van der Waals surface area (Å²) in [6.45, 7) is 17.1. The van der Waals surface area contributed by atoms with Crippen LogP contribution in [0.5, 0.6) is 0 Å². The van der Waals surface area contributed by atoms with Crippen LogP contribution < -0.4 is 10.2 Å². The van der Waals surface area contributed by atoms with Gasteiger partial charge in [-0.2, -0.15) is 0 Å². The van der Waals surface area contributed by atoms with Crippen LogP contribution in [0, 0.1) is 25.2 Å². The first kappa shape index (κ1) is 16.4. The van der Waals surface area contributed by atoms with Gasteiger partial charge in [-0.25, -0.2) is 0 Å². The van der Waals surface area contributed by atoms with Crippen LogP contribution in [-0.2, 0) is 0 Å². The molecule has 0 saturated carbocycles. The van der Waals surface area contributed by atoms with Gasteiger partial charge >= 0.3 is 0 Å². The fourth-order valence-electron chi connectivity index (χ4n) is 3.08. The van der Waals surface area contributed by atoms with Crippen LogP contribution in [0.3, 0.4) is 0 Å². The van der Waals surface area contributed by atoms with Crippen molar-refractivity contribution < 1.29 is 0 Å². The molecule has 1 fully saturated rings. The molecule has 0 aromatic heterocycles. The van der Waals surface area contributed by atoms with Crippen LogP contribution in [0.4, 0.5) is 5.69 Å². The molecule has 2 atom stereocenters. The minimum atomic E-state index is 0.353. The van der Waals surface area contributed by atoms with Gasteiger partial charge in [-0.15, -0.1) is 0 Å². The highest BCUT2D eigenvalue weighted by Crippen LogP contribution is 2.25. The summed E-state index contributed by atoms with van der Waals surface area (Å²) in [4.78, 5) is 2.56. The molecule has 1 heterocycles. The Hall–Kier alpha value is -1.02. The molecule has 2 rings (SSSR count). The average Bonchev–Trinajstić information content (AvgIpc) is 2.38. The van der Waals surface area contributed by atoms with E-state index in [1.54, 1.807) is 0 Å². The van der Waals surface area contributed by atoms with Gasteiger partial charge in [0.05, 0.1) is 0 Å². The molecule has 0 radical (unpaired) electrons. The maximum atomic E-state index is 3.78. The van der Waals surface area contributed by atoms with Crippen LogP contribution in [0.2, 0.25) is 0 Å². The summed E-state index contributed by atoms with van der Waals surface area (Å²) >= 11 is 0. The van der Waals surface area contributed by atoms with Crippen molar-refractivity contribution in [1.29, 1.82) is 0 Å². The third-order valence-corrected chi connectivity index (χ3v) is 4.44. The van der Waals surface area contributed by atoms with Crippen molar-refractivity contribution in [3.05, 3.63) is 29.3 Å². The topological polar surface area (TPSA) is 15.3 Å². The lowest BCUT2D eigenvalue weighted by atomic mass is 9.92. The van der Waals surface area contributed by atoms with Gasteiger partial charge in [-0.1, -0.05) is 33.8 Å². The van der Waals surface area contributed by atoms with Crippen molar-refractivity contribution in [3.63, 3.8) is 0 Å². The van der Waals surface area contributed by atoms with E-state index in [2.05, 4.69) is 70.0 Å². The Labute approximate surface area is 130 Å². The van der Waals surface area contributed by atoms with E-state index < -0.39 is 0 Å². The highest BCUT2D eigenvalue weighted by molar-refractivity contribution is 5.51. The van der Waals surface area contributed by atoms with Crippen molar-refractivity contribution in [3.8, 4) is 0 Å². The van der Waals surface area contributed by atoms with E-state index in [1.165, 1.54) is 29.8 Å². The van der Waals surface area contributed by atoms with Crippen molar-refractivity contribution in [2.24, 2.45) is 11.3 Å². The molecule has 0 bridgehead atoms. The van der Waals surface area contributed by atoms with Crippen LogP contribution in [-0.4, -0.2) is 25.7 Å². The van der Waals surface area contributed by atoms with Crippen LogP contribution in [0.25, 0.3) is 0 Å². The minimum Gasteiger partial charge on any atom is -0.370 e. The molecule has 0 amide bonds. The summed E-state index contributed by atoms with van der Waals surface area (Å²) in [6, 6.07) is 7.48. The highest BCUT2D eigenvalue weighted by Gasteiger charge is 2.25. The van der Waals surface area contributed by atoms with E-state index in [9.17, 15) is 0 Å². The first-order chi connectivity index (χ1) is 9.74. The van der Waals surface area contributed by atoms with E-state index in [1.807, 2.05) is 0 Å². The average molecular weight is 288 g/mol. The monoisotopic (exact) mass is 288 g/mol. The van der Waals surface area contributed by atoms with Gasteiger partial charge in [0, 0.05) is 31.4 Å². The molecule has 1 aliphatic heterocycles. The lowest BCUT2D eigenvalue weighted by Gasteiger charge is -2.39. The Morgan fingerprint density at radius 1 is 1.14 bits per heavy atom. The Morgan fingerprint density at radius 2 is 1.86 bits per heavy atom. The molecule has 0 aliphatic carbocycles. The van der Waals surface area contributed by atoms with Crippen molar-refractivity contribution in [2.45, 2.75) is 54.0 Å². The van der Waals surface area contributed by atoms with Gasteiger partial charge < -0.3 is 10.2 Å². The second kappa shape index (κ2) is 6.39. The largest absolute Gasteiger partial charge is 0.370 e. The van der Waals surface area contributed by atoms with E-state index in [4.69, 9.17) is 0 Å². The maximum absolute atomic E-state index is 3.78. The van der Waals surface area contributed by atoms with Crippen LogP contribution in [0.15, 0.2) is 18.2 Å². The van der Waals surface area contributed by atoms with E-state index >= 15 is 0 Å². The van der Waals surface area contributed by atoms with E-state index in [-0.39, 0.29) is 0 Å². The standard InChI is InChI=1S/C19H32N2/c1-14-9-17(20-13-19(4,5)6)12-21(11-14)18-8-7-15(2)16(3)10-18/h7-8,10,14,17,20H,9,11-13H2,1-6H3. The number of nitrogens with zero attached hydrogens (tertiary/aromatic N) is 1. The molecule has 21 heavy (non-hydrogen) atoms. The smallest absolute Gasteiger partial charge is 0.0369 e. The molecule has 118 valence electrons. The summed E-state index contributed by atoms with van der Waals surface area (Å²) in [7, 11) is 0. The maximum Gasteiger partial charge on any atom is 0.0369 e. The van der Waals surface area contributed by atoms with Gasteiger partial charge in [0.15, 0.2) is 0 Å². The zero-order valence-electron chi connectivity index (χ0n) is 14.7. The summed E-state index contributed by atoms with van der Waals surface area (Å²) in [6.07, 6.45) is 1.29. The fraction of sp³-hybridized carbons (Fsp3) is 0.684. The van der Waals surface area contributed by atoms with E-state index in [0.29, 0.717) is 11.5 Å². The zero-order valence-corrected chi connectivity index (χ0v) is 14.7. The number of hydrogen-bond acceptors (Lipinski definition) is 2. The van der Waals surface area contributed by atoms with Gasteiger partial charge in [0.2, 0.25) is 0 Å². The van der Waals surface area contributed by atoms with Gasteiger partial charge in [-0.05, 0) is 54.9 Å². The van der Waals surface area contributed by atoms with Gasteiger partial charge in [-0.3, -0.25) is 0 Å².